The zero-order valence-corrected chi connectivity index (χ0v) is 12.5. The summed E-state index contributed by atoms with van der Waals surface area (Å²) < 4.78 is 0. The molecule has 0 aliphatic carbocycles. The Kier molecular flexibility index (Phi) is 3.06. The van der Waals surface area contributed by atoms with E-state index in [-0.39, 0.29) is 11.1 Å². The largest absolute Gasteiger partial charge is 0.351 e. The molecular weight excluding hydrogens is 240 g/mol. The highest BCUT2D eigenvalue weighted by Crippen LogP contribution is 2.23. The Morgan fingerprint density at radius 3 is 2.06 bits per heavy atom. The minimum Gasteiger partial charge on any atom is -0.351 e. The van der Waals surface area contributed by atoms with Crippen molar-refractivity contribution >= 4 is 22.9 Å². The Morgan fingerprint density at radius 2 is 1.67 bits per heavy atom. The molecule has 1 aliphatic heterocycles. The molecule has 1 N–H and O–H groups in total. The van der Waals surface area contributed by atoms with Crippen molar-refractivity contribution in [2.45, 2.75) is 45.7 Å². The second kappa shape index (κ2) is 4.16. The van der Waals surface area contributed by atoms with E-state index < -0.39 is 0 Å². The third-order valence-electron chi connectivity index (χ3n) is 3.05. The summed E-state index contributed by atoms with van der Waals surface area (Å²) in [7, 11) is 0. The number of rotatable bonds is 1. The molecule has 0 fully saturated rings. The third kappa shape index (κ3) is 2.61. The summed E-state index contributed by atoms with van der Waals surface area (Å²) in [5.41, 5.74) is 3.20. The molecule has 0 unspecified atom stereocenters. The quantitative estimate of drug-likeness (QED) is 0.782. The number of thiocarbonyl (C=S) groups is 1. The van der Waals surface area contributed by atoms with Crippen molar-refractivity contribution in [3.05, 3.63) is 35.4 Å². The molecule has 0 spiro atoms. The first kappa shape index (κ1) is 13.2. The number of benzene rings is 1. The minimum atomic E-state index is -0.283. The second-order valence-corrected chi connectivity index (χ2v) is 6.71. The fourth-order valence-electron chi connectivity index (χ4n) is 2.02. The van der Waals surface area contributed by atoms with E-state index >= 15 is 0 Å². The van der Waals surface area contributed by atoms with Crippen LogP contribution in [0.3, 0.4) is 0 Å². The molecule has 1 aliphatic rings. The molecule has 96 valence electrons. The Balaban J connectivity index is 2.34. The van der Waals surface area contributed by atoms with Gasteiger partial charge in [0.2, 0.25) is 0 Å². The first-order valence-corrected chi connectivity index (χ1v) is 6.63. The zero-order chi connectivity index (χ0) is 13.6. The van der Waals surface area contributed by atoms with Crippen LogP contribution in [0.2, 0.25) is 0 Å². The van der Waals surface area contributed by atoms with E-state index in [9.17, 15) is 0 Å². The summed E-state index contributed by atoms with van der Waals surface area (Å²) in [6, 6.07) is 8.53. The average Bonchev–Trinajstić information content (AvgIpc) is 2.51. The smallest absolute Gasteiger partial charge is 0.127 e. The molecule has 2 nitrogen and oxygen atoms in total. The highest BCUT2D eigenvalue weighted by Gasteiger charge is 2.28. The number of nitrogens with one attached hydrogen (secondary N) is 1. The number of hydrogen-bond acceptors (Lipinski definition) is 2. The van der Waals surface area contributed by atoms with Crippen LogP contribution in [0, 0.1) is 0 Å². The van der Waals surface area contributed by atoms with Crippen molar-refractivity contribution in [2.75, 3.05) is 0 Å². The molecule has 18 heavy (non-hydrogen) atoms. The molecule has 0 bridgehead atoms. The summed E-state index contributed by atoms with van der Waals surface area (Å²) in [5, 5.41) is 3.21. The van der Waals surface area contributed by atoms with Gasteiger partial charge in [-0.25, -0.2) is 0 Å². The first-order valence-electron chi connectivity index (χ1n) is 6.22. The predicted molar refractivity (Wildman–Crippen MR) is 81.5 cm³/mol. The van der Waals surface area contributed by atoms with E-state index in [1.165, 1.54) is 5.56 Å². The van der Waals surface area contributed by atoms with Gasteiger partial charge in [0, 0.05) is 5.56 Å². The summed E-state index contributed by atoms with van der Waals surface area (Å²) >= 11 is 5.34. The van der Waals surface area contributed by atoms with Crippen molar-refractivity contribution in [1.82, 2.24) is 5.32 Å². The lowest BCUT2D eigenvalue weighted by Crippen LogP contribution is -2.35. The van der Waals surface area contributed by atoms with Gasteiger partial charge in [-0.05, 0) is 24.8 Å². The van der Waals surface area contributed by atoms with Gasteiger partial charge in [-0.2, -0.15) is 0 Å². The van der Waals surface area contributed by atoms with E-state index in [0.29, 0.717) is 0 Å². The fourth-order valence-corrected chi connectivity index (χ4v) is 2.43. The van der Waals surface area contributed by atoms with Crippen molar-refractivity contribution < 1.29 is 0 Å². The average molecular weight is 260 g/mol. The van der Waals surface area contributed by atoms with E-state index in [1.807, 2.05) is 13.8 Å². The summed E-state index contributed by atoms with van der Waals surface area (Å²) in [5.74, 6) is 0. The first-order chi connectivity index (χ1) is 8.19. The van der Waals surface area contributed by atoms with E-state index in [0.717, 1.165) is 16.3 Å². The standard InChI is InChI=1S/C15H20N2S/c1-14(2,3)11-8-6-10(7-9-11)12-13(18)17-15(4,5)16-12/h6-9H,1-5H3,(H,17,18). The molecule has 1 aromatic carbocycles. The SMILES string of the molecule is CC1(C)N=C(c2ccc(C(C)(C)C)cc2)C(=S)N1. The molecule has 0 amide bonds. The van der Waals surface area contributed by atoms with Gasteiger partial charge in [0.15, 0.2) is 0 Å². The second-order valence-electron chi connectivity index (χ2n) is 6.30. The minimum absolute atomic E-state index is 0.175. The Labute approximate surface area is 115 Å². The topological polar surface area (TPSA) is 24.4 Å². The lowest BCUT2D eigenvalue weighted by atomic mass is 9.86. The van der Waals surface area contributed by atoms with Crippen LogP contribution in [0.5, 0.6) is 0 Å². The van der Waals surface area contributed by atoms with Crippen molar-refractivity contribution in [3.63, 3.8) is 0 Å². The van der Waals surface area contributed by atoms with Crippen LogP contribution >= 0.6 is 12.2 Å². The van der Waals surface area contributed by atoms with Crippen LogP contribution in [0.1, 0.15) is 45.7 Å². The molecule has 1 aromatic rings. The molecular formula is C15H20N2S. The van der Waals surface area contributed by atoms with Crippen LogP contribution < -0.4 is 5.32 Å². The maximum atomic E-state index is 5.34. The van der Waals surface area contributed by atoms with Crippen LogP contribution in [0.4, 0.5) is 0 Å². The van der Waals surface area contributed by atoms with Gasteiger partial charge in [-0.1, -0.05) is 57.3 Å². The van der Waals surface area contributed by atoms with E-state index in [1.54, 1.807) is 0 Å². The van der Waals surface area contributed by atoms with E-state index in [2.05, 4.69) is 55.3 Å². The molecule has 0 atom stereocenters. The lowest BCUT2D eigenvalue weighted by Gasteiger charge is -2.19. The van der Waals surface area contributed by atoms with E-state index in [4.69, 9.17) is 12.2 Å². The van der Waals surface area contributed by atoms with Gasteiger partial charge in [-0.3, -0.25) is 4.99 Å². The molecule has 0 aromatic heterocycles. The molecule has 3 heteroatoms. The van der Waals surface area contributed by atoms with Gasteiger partial charge in [0.1, 0.15) is 16.4 Å². The molecule has 1 heterocycles. The van der Waals surface area contributed by atoms with Crippen LogP contribution in [0.25, 0.3) is 0 Å². The lowest BCUT2D eigenvalue weighted by molar-refractivity contribution is 0.506. The van der Waals surface area contributed by atoms with Gasteiger partial charge < -0.3 is 5.32 Å². The Hall–Kier alpha value is -1.22. The number of hydrogen-bond donors (Lipinski definition) is 1. The van der Waals surface area contributed by atoms with Gasteiger partial charge >= 0.3 is 0 Å². The summed E-state index contributed by atoms with van der Waals surface area (Å²) in [6.45, 7) is 10.7. The van der Waals surface area contributed by atoms with Gasteiger partial charge in [0.05, 0.1) is 0 Å². The van der Waals surface area contributed by atoms with Crippen LogP contribution in [-0.2, 0) is 5.41 Å². The molecule has 0 radical (unpaired) electrons. The Morgan fingerprint density at radius 1 is 1.11 bits per heavy atom. The van der Waals surface area contributed by atoms with Crippen molar-refractivity contribution in [3.8, 4) is 0 Å². The fraction of sp³-hybridized carbons (Fsp3) is 0.467. The van der Waals surface area contributed by atoms with Crippen LogP contribution in [-0.4, -0.2) is 16.4 Å². The third-order valence-corrected chi connectivity index (χ3v) is 3.35. The summed E-state index contributed by atoms with van der Waals surface area (Å²) in [4.78, 5) is 5.37. The monoisotopic (exact) mass is 260 g/mol. The molecule has 0 saturated carbocycles. The number of nitrogens with zero attached hydrogens (tertiary/aromatic N) is 1. The predicted octanol–water partition coefficient (Wildman–Crippen LogP) is 3.44. The highest BCUT2D eigenvalue weighted by molar-refractivity contribution is 7.82. The molecule has 0 saturated heterocycles. The zero-order valence-electron chi connectivity index (χ0n) is 11.7. The maximum Gasteiger partial charge on any atom is 0.127 e. The number of aliphatic imine (C=N–C) groups is 1. The molecule has 2 rings (SSSR count). The normalized spacial score (nSPS) is 18.5. The maximum absolute atomic E-state index is 5.34. The highest BCUT2D eigenvalue weighted by atomic mass is 32.1. The van der Waals surface area contributed by atoms with Crippen molar-refractivity contribution in [1.29, 1.82) is 0 Å². The Bertz CT molecular complexity index is 504. The summed E-state index contributed by atoms with van der Waals surface area (Å²) in [6.07, 6.45) is 0. The van der Waals surface area contributed by atoms with Gasteiger partial charge in [-0.15, -0.1) is 0 Å². The van der Waals surface area contributed by atoms with Crippen LogP contribution in [0.15, 0.2) is 29.3 Å². The van der Waals surface area contributed by atoms with Crippen molar-refractivity contribution in [2.24, 2.45) is 4.99 Å². The van der Waals surface area contributed by atoms with Gasteiger partial charge in [0.25, 0.3) is 0 Å².